The highest BCUT2D eigenvalue weighted by atomic mass is 32.2. The number of fused-ring (bicyclic) bond motifs is 1. The third-order valence-corrected chi connectivity index (χ3v) is 6.28. The minimum Gasteiger partial charge on any atom is -0.467 e. The topological polar surface area (TPSA) is 71.5 Å². The zero-order chi connectivity index (χ0) is 18.5. The van der Waals surface area contributed by atoms with Crippen LogP contribution in [0, 0.1) is 0 Å². The average molecular weight is 394 g/mol. The third-order valence-electron chi connectivity index (χ3n) is 4.50. The van der Waals surface area contributed by atoms with Crippen molar-refractivity contribution >= 4 is 45.3 Å². The molecule has 1 aliphatic heterocycles. The van der Waals surface area contributed by atoms with Crippen molar-refractivity contribution in [1.29, 1.82) is 0 Å². The van der Waals surface area contributed by atoms with E-state index in [0.717, 1.165) is 33.8 Å². The molecule has 0 aliphatic carbocycles. The van der Waals surface area contributed by atoms with E-state index in [2.05, 4.69) is 5.32 Å². The van der Waals surface area contributed by atoms with Gasteiger partial charge in [-0.3, -0.25) is 0 Å². The molecule has 8 heteroatoms. The van der Waals surface area contributed by atoms with Crippen molar-refractivity contribution in [3.8, 4) is 0 Å². The summed E-state index contributed by atoms with van der Waals surface area (Å²) in [5.41, 5.74) is 0.965. The van der Waals surface area contributed by atoms with E-state index in [4.69, 9.17) is 9.72 Å². The van der Waals surface area contributed by atoms with Gasteiger partial charge in [0.1, 0.15) is 11.0 Å². The molecule has 1 saturated heterocycles. The molecule has 2 heterocycles. The molecule has 6 nitrogen and oxygen atoms in total. The average Bonchev–Trinajstić information content (AvgIpc) is 3.30. The van der Waals surface area contributed by atoms with Crippen molar-refractivity contribution in [3.05, 3.63) is 29.3 Å². The first kappa shape index (κ1) is 19.0. The molecular weight excluding hydrogens is 370 g/mol. The Balaban J connectivity index is 1.73. The van der Waals surface area contributed by atoms with E-state index < -0.39 is 12.0 Å². The van der Waals surface area contributed by atoms with Crippen LogP contribution in [0.3, 0.4) is 0 Å². The molecule has 0 unspecified atom stereocenters. The van der Waals surface area contributed by atoms with Crippen LogP contribution in [-0.4, -0.2) is 53.6 Å². The number of thiazole rings is 1. The van der Waals surface area contributed by atoms with Crippen molar-refractivity contribution in [1.82, 2.24) is 15.2 Å². The summed E-state index contributed by atoms with van der Waals surface area (Å²) in [7, 11) is 1.35. The number of aromatic nitrogens is 1. The molecule has 1 aromatic carbocycles. The molecule has 1 aliphatic rings. The lowest BCUT2D eigenvalue weighted by Gasteiger charge is -2.26. The molecule has 1 fully saturated rings. The Morgan fingerprint density at radius 2 is 2.27 bits per heavy atom. The Bertz CT molecular complexity index is 747. The van der Waals surface area contributed by atoms with Gasteiger partial charge in [-0.15, -0.1) is 11.3 Å². The van der Waals surface area contributed by atoms with E-state index in [9.17, 15) is 9.59 Å². The number of thioether (sulfide) groups is 1. The minimum absolute atomic E-state index is 0.0359. The van der Waals surface area contributed by atoms with Crippen LogP contribution in [-0.2, 0) is 9.53 Å². The molecule has 1 aromatic heterocycles. The smallest absolute Gasteiger partial charge is 0.328 e. The number of rotatable bonds is 6. The highest BCUT2D eigenvalue weighted by Gasteiger charge is 2.34. The summed E-state index contributed by atoms with van der Waals surface area (Å²) < 4.78 is 5.96. The quantitative estimate of drug-likeness (QED) is 0.761. The van der Waals surface area contributed by atoms with Gasteiger partial charge in [0.2, 0.25) is 0 Å². The zero-order valence-corrected chi connectivity index (χ0v) is 16.6. The summed E-state index contributed by atoms with van der Waals surface area (Å²) in [6.07, 6.45) is 4.35. The molecule has 2 amide bonds. The van der Waals surface area contributed by atoms with E-state index in [0.29, 0.717) is 13.0 Å². The number of ether oxygens (including phenoxy) is 1. The fraction of sp³-hybridized carbons (Fsp3) is 0.500. The van der Waals surface area contributed by atoms with Gasteiger partial charge in [0.25, 0.3) is 0 Å². The van der Waals surface area contributed by atoms with Gasteiger partial charge in [-0.25, -0.2) is 14.6 Å². The van der Waals surface area contributed by atoms with E-state index in [1.54, 1.807) is 28.0 Å². The van der Waals surface area contributed by atoms with E-state index in [-0.39, 0.29) is 12.1 Å². The number of nitrogens with zero attached hydrogens (tertiary/aromatic N) is 2. The summed E-state index contributed by atoms with van der Waals surface area (Å²) >= 11 is 3.27. The van der Waals surface area contributed by atoms with Gasteiger partial charge in [0, 0.05) is 6.54 Å². The molecular formula is C18H23N3O3S2. The molecule has 26 heavy (non-hydrogen) atoms. The lowest BCUT2D eigenvalue weighted by atomic mass is 10.2. The van der Waals surface area contributed by atoms with Gasteiger partial charge in [-0.2, -0.15) is 11.8 Å². The number of hydrogen-bond acceptors (Lipinski definition) is 6. The lowest BCUT2D eigenvalue weighted by molar-refractivity contribution is -0.142. The van der Waals surface area contributed by atoms with Gasteiger partial charge in [0.05, 0.1) is 23.4 Å². The Hall–Kier alpha value is -1.80. The number of urea groups is 1. The predicted molar refractivity (Wildman–Crippen MR) is 106 cm³/mol. The number of para-hydroxylation sites is 1. The standard InChI is InChI=1S/C18H23N3O3S2/c1-24-17(22)13(9-11-25-2)20-18(23)21-10-5-7-14(21)16-19-12-6-3-4-8-15(12)26-16/h3-4,6,8,13-14H,5,7,9-11H2,1-2H3,(H,20,23)/t13-,14-/m0/s1. The van der Waals surface area contributed by atoms with E-state index in [1.807, 2.05) is 30.5 Å². The number of esters is 1. The van der Waals surface area contributed by atoms with Crippen LogP contribution >= 0.6 is 23.1 Å². The monoisotopic (exact) mass is 393 g/mol. The van der Waals surface area contributed by atoms with Crippen LogP contribution < -0.4 is 5.32 Å². The normalized spacial score (nSPS) is 18.1. The highest BCUT2D eigenvalue weighted by Crippen LogP contribution is 2.36. The molecule has 0 radical (unpaired) electrons. The maximum atomic E-state index is 12.8. The number of benzene rings is 1. The van der Waals surface area contributed by atoms with Crippen molar-refractivity contribution in [3.63, 3.8) is 0 Å². The first-order valence-corrected chi connectivity index (χ1v) is 10.8. The fourth-order valence-electron chi connectivity index (χ4n) is 3.16. The van der Waals surface area contributed by atoms with Crippen molar-refractivity contribution in [2.45, 2.75) is 31.3 Å². The summed E-state index contributed by atoms with van der Waals surface area (Å²) in [6, 6.07) is 7.13. The van der Waals surface area contributed by atoms with Crippen molar-refractivity contribution in [2.24, 2.45) is 0 Å². The minimum atomic E-state index is -0.614. The Labute approximate surface area is 161 Å². The highest BCUT2D eigenvalue weighted by molar-refractivity contribution is 7.98. The SMILES string of the molecule is COC(=O)[C@H](CCSC)NC(=O)N1CCC[C@H]1c1nc2ccccc2s1. The third kappa shape index (κ3) is 4.12. The van der Waals surface area contributed by atoms with Crippen LogP contribution in [0.5, 0.6) is 0 Å². The van der Waals surface area contributed by atoms with Crippen LogP contribution in [0.1, 0.15) is 30.3 Å². The summed E-state index contributed by atoms with van der Waals surface area (Å²) in [4.78, 5) is 31.3. The van der Waals surface area contributed by atoms with Crippen LogP contribution in [0.2, 0.25) is 0 Å². The molecule has 140 valence electrons. The number of nitrogens with one attached hydrogen (secondary N) is 1. The van der Waals surface area contributed by atoms with E-state index in [1.165, 1.54) is 7.11 Å². The molecule has 2 atom stereocenters. The number of methoxy groups -OCH3 is 1. The second-order valence-corrected chi connectivity index (χ2v) is 8.23. The molecule has 3 rings (SSSR count). The number of carbonyl (C=O) groups is 2. The van der Waals surface area contributed by atoms with Gasteiger partial charge >= 0.3 is 12.0 Å². The first-order chi connectivity index (χ1) is 12.6. The summed E-state index contributed by atoms with van der Waals surface area (Å²) in [5, 5.41) is 3.81. The molecule has 0 saturated carbocycles. The molecule has 0 spiro atoms. The van der Waals surface area contributed by atoms with Gasteiger partial charge in [-0.05, 0) is 43.4 Å². The number of hydrogen-bond donors (Lipinski definition) is 1. The van der Waals surface area contributed by atoms with Gasteiger partial charge in [-0.1, -0.05) is 12.1 Å². The summed E-state index contributed by atoms with van der Waals surface area (Å²) in [5.74, 6) is 0.379. The molecule has 2 aromatic rings. The zero-order valence-electron chi connectivity index (χ0n) is 14.9. The molecule has 0 bridgehead atoms. The number of carbonyl (C=O) groups excluding carboxylic acids is 2. The fourth-order valence-corrected chi connectivity index (χ4v) is 4.74. The second-order valence-electron chi connectivity index (χ2n) is 6.18. The van der Waals surface area contributed by atoms with Crippen molar-refractivity contribution in [2.75, 3.05) is 25.7 Å². The molecule has 1 N–H and O–H groups in total. The first-order valence-electron chi connectivity index (χ1n) is 8.63. The number of likely N-dealkylation sites (tertiary alicyclic amines) is 1. The predicted octanol–water partition coefficient (Wildman–Crippen LogP) is 3.44. The van der Waals surface area contributed by atoms with Gasteiger partial charge < -0.3 is 15.0 Å². The van der Waals surface area contributed by atoms with Gasteiger partial charge in [0.15, 0.2) is 0 Å². The second kappa shape index (κ2) is 8.73. The summed E-state index contributed by atoms with van der Waals surface area (Å²) in [6.45, 7) is 0.669. The number of amides is 2. The Morgan fingerprint density at radius 1 is 1.46 bits per heavy atom. The van der Waals surface area contributed by atoms with Crippen LogP contribution in [0.4, 0.5) is 4.79 Å². The Morgan fingerprint density at radius 3 is 3.00 bits per heavy atom. The largest absolute Gasteiger partial charge is 0.467 e. The maximum Gasteiger partial charge on any atom is 0.328 e. The van der Waals surface area contributed by atoms with E-state index >= 15 is 0 Å². The maximum absolute atomic E-state index is 12.8. The van der Waals surface area contributed by atoms with Crippen LogP contribution in [0.15, 0.2) is 24.3 Å². The lowest BCUT2D eigenvalue weighted by Crippen LogP contribution is -2.48. The Kier molecular flexibility index (Phi) is 6.37. The van der Waals surface area contributed by atoms with Crippen molar-refractivity contribution < 1.29 is 14.3 Å². The van der Waals surface area contributed by atoms with Crippen LogP contribution in [0.25, 0.3) is 10.2 Å².